The third-order valence-corrected chi connectivity index (χ3v) is 4.52. The Hall–Kier alpha value is -1.68. The average Bonchev–Trinajstić information content (AvgIpc) is 2.53. The van der Waals surface area contributed by atoms with Crippen LogP contribution in [0.2, 0.25) is 0 Å². The predicted molar refractivity (Wildman–Crippen MR) is 92.8 cm³/mol. The van der Waals surface area contributed by atoms with Gasteiger partial charge in [-0.15, -0.1) is 0 Å². The highest BCUT2D eigenvalue weighted by Gasteiger charge is 2.22. The van der Waals surface area contributed by atoms with Crippen LogP contribution in [0.15, 0.2) is 18.2 Å². The zero-order chi connectivity index (χ0) is 16.8. The lowest BCUT2D eigenvalue weighted by molar-refractivity contribution is -0.132. The van der Waals surface area contributed by atoms with Gasteiger partial charge in [0.25, 0.3) is 0 Å². The van der Waals surface area contributed by atoms with Gasteiger partial charge < -0.3 is 4.90 Å². The first-order valence-electron chi connectivity index (χ1n) is 8.62. The van der Waals surface area contributed by atoms with Gasteiger partial charge in [-0.25, -0.2) is 0 Å². The monoisotopic (exact) mass is 316 g/mol. The fourth-order valence-electron chi connectivity index (χ4n) is 3.06. The summed E-state index contributed by atoms with van der Waals surface area (Å²) in [6.45, 7) is 9.62. The molecular formula is C19H28N2O2. The van der Waals surface area contributed by atoms with Crippen LogP contribution in [0.1, 0.15) is 47.7 Å². The molecule has 0 radical (unpaired) electrons. The first-order chi connectivity index (χ1) is 11.0. The number of carbonyl (C=O) groups excluding carboxylic acids is 2. The number of carbonyl (C=O) groups is 2. The van der Waals surface area contributed by atoms with Crippen LogP contribution in [-0.4, -0.2) is 54.2 Å². The van der Waals surface area contributed by atoms with Crippen LogP contribution in [0.25, 0.3) is 0 Å². The van der Waals surface area contributed by atoms with Gasteiger partial charge in [0.15, 0.2) is 5.78 Å². The van der Waals surface area contributed by atoms with Gasteiger partial charge in [-0.2, -0.15) is 0 Å². The molecule has 4 nitrogen and oxygen atoms in total. The Labute approximate surface area is 139 Å². The summed E-state index contributed by atoms with van der Waals surface area (Å²) in [4.78, 5) is 28.6. The number of aryl methyl sites for hydroxylation is 2. The van der Waals surface area contributed by atoms with Crippen molar-refractivity contribution in [1.82, 2.24) is 9.80 Å². The van der Waals surface area contributed by atoms with Crippen molar-refractivity contribution in [1.29, 1.82) is 0 Å². The van der Waals surface area contributed by atoms with E-state index in [1.807, 2.05) is 30.9 Å². The quantitative estimate of drug-likeness (QED) is 0.758. The van der Waals surface area contributed by atoms with Crippen LogP contribution < -0.4 is 0 Å². The Balaban J connectivity index is 1.84. The fourth-order valence-corrected chi connectivity index (χ4v) is 3.06. The molecule has 1 fully saturated rings. The molecule has 4 heteroatoms. The van der Waals surface area contributed by atoms with Gasteiger partial charge in [0, 0.05) is 38.2 Å². The molecule has 1 heterocycles. The van der Waals surface area contributed by atoms with Gasteiger partial charge >= 0.3 is 0 Å². The van der Waals surface area contributed by atoms with E-state index in [0.717, 1.165) is 50.1 Å². The summed E-state index contributed by atoms with van der Waals surface area (Å²) in [5.74, 6) is 0.431. The van der Waals surface area contributed by atoms with Crippen LogP contribution in [0.4, 0.5) is 0 Å². The predicted octanol–water partition coefficient (Wildman–Crippen LogP) is 2.82. The maximum atomic E-state index is 12.5. The number of nitrogens with zero attached hydrogens (tertiary/aromatic N) is 2. The molecule has 0 atom stereocenters. The molecule has 1 aliphatic rings. The topological polar surface area (TPSA) is 40.6 Å². The van der Waals surface area contributed by atoms with Crippen molar-refractivity contribution in [2.75, 3.05) is 32.7 Å². The summed E-state index contributed by atoms with van der Waals surface area (Å²) in [5.41, 5.74) is 3.04. The van der Waals surface area contributed by atoms with E-state index >= 15 is 0 Å². The number of amides is 1. The average molecular weight is 316 g/mol. The van der Waals surface area contributed by atoms with E-state index in [1.165, 1.54) is 5.56 Å². The van der Waals surface area contributed by atoms with Gasteiger partial charge in [0.1, 0.15) is 0 Å². The largest absolute Gasteiger partial charge is 0.340 e. The van der Waals surface area contributed by atoms with Gasteiger partial charge in [-0.1, -0.05) is 37.1 Å². The summed E-state index contributed by atoms with van der Waals surface area (Å²) < 4.78 is 0. The van der Waals surface area contributed by atoms with Gasteiger partial charge in [0.05, 0.1) is 6.54 Å². The number of unbranched alkanes of at least 4 members (excludes halogenated alkanes) is 1. The second-order valence-corrected chi connectivity index (χ2v) is 6.50. The van der Waals surface area contributed by atoms with Crippen molar-refractivity contribution in [2.45, 2.75) is 40.0 Å². The SMILES string of the molecule is CCCCC(=O)N1CCN(CC(=O)c2ccc(C)cc2C)CC1. The van der Waals surface area contributed by atoms with Crippen LogP contribution >= 0.6 is 0 Å². The summed E-state index contributed by atoms with van der Waals surface area (Å²) in [6, 6.07) is 5.97. The van der Waals surface area contributed by atoms with Gasteiger partial charge in [-0.05, 0) is 25.8 Å². The highest BCUT2D eigenvalue weighted by molar-refractivity contribution is 5.99. The van der Waals surface area contributed by atoms with Gasteiger partial charge in [-0.3, -0.25) is 14.5 Å². The first kappa shape index (κ1) is 17.7. The number of hydrogen-bond donors (Lipinski definition) is 0. The highest BCUT2D eigenvalue weighted by Crippen LogP contribution is 2.13. The molecule has 1 saturated heterocycles. The first-order valence-corrected chi connectivity index (χ1v) is 8.62. The minimum Gasteiger partial charge on any atom is -0.340 e. The summed E-state index contributed by atoms with van der Waals surface area (Å²) in [7, 11) is 0. The summed E-state index contributed by atoms with van der Waals surface area (Å²) in [5, 5.41) is 0. The molecule has 1 aliphatic heterocycles. The normalized spacial score (nSPS) is 15.7. The molecule has 1 aromatic rings. The standard InChI is InChI=1S/C19H28N2O2/c1-4-5-6-19(23)21-11-9-20(10-12-21)14-18(22)17-8-7-15(2)13-16(17)3/h7-8,13H,4-6,9-12,14H2,1-3H3. The smallest absolute Gasteiger partial charge is 0.222 e. The Kier molecular flexibility index (Phi) is 6.34. The zero-order valence-corrected chi connectivity index (χ0v) is 14.6. The molecule has 0 spiro atoms. The molecule has 23 heavy (non-hydrogen) atoms. The molecule has 2 rings (SSSR count). The number of hydrogen-bond acceptors (Lipinski definition) is 3. The van der Waals surface area contributed by atoms with Crippen molar-refractivity contribution in [3.8, 4) is 0 Å². The second kappa shape index (κ2) is 8.25. The van der Waals surface area contributed by atoms with Gasteiger partial charge in [0.2, 0.25) is 5.91 Å². The van der Waals surface area contributed by atoms with E-state index < -0.39 is 0 Å². The van der Waals surface area contributed by atoms with Crippen molar-refractivity contribution >= 4 is 11.7 Å². The van der Waals surface area contributed by atoms with E-state index in [4.69, 9.17) is 0 Å². The summed E-state index contributed by atoms with van der Waals surface area (Å²) in [6.07, 6.45) is 2.67. The Morgan fingerprint density at radius 1 is 1.09 bits per heavy atom. The fraction of sp³-hybridized carbons (Fsp3) is 0.579. The molecule has 0 aliphatic carbocycles. The third kappa shape index (κ3) is 4.90. The summed E-state index contributed by atoms with van der Waals surface area (Å²) >= 11 is 0. The molecule has 0 saturated carbocycles. The maximum absolute atomic E-state index is 12.5. The highest BCUT2D eigenvalue weighted by atomic mass is 16.2. The Morgan fingerprint density at radius 3 is 2.39 bits per heavy atom. The van der Waals surface area contributed by atoms with Crippen LogP contribution in [0.3, 0.4) is 0 Å². The van der Waals surface area contributed by atoms with E-state index in [2.05, 4.69) is 17.9 Å². The van der Waals surface area contributed by atoms with Crippen molar-refractivity contribution < 1.29 is 9.59 Å². The number of ketones is 1. The zero-order valence-electron chi connectivity index (χ0n) is 14.6. The molecule has 1 amide bonds. The lowest BCUT2D eigenvalue weighted by Crippen LogP contribution is -2.49. The van der Waals surface area contributed by atoms with E-state index in [1.54, 1.807) is 0 Å². The lowest BCUT2D eigenvalue weighted by atomic mass is 10.0. The maximum Gasteiger partial charge on any atom is 0.222 e. The number of piperazine rings is 1. The Bertz CT molecular complexity index is 560. The second-order valence-electron chi connectivity index (χ2n) is 6.50. The van der Waals surface area contributed by atoms with Crippen molar-refractivity contribution in [3.63, 3.8) is 0 Å². The molecule has 126 valence electrons. The molecular weight excluding hydrogens is 288 g/mol. The van der Waals surface area contributed by atoms with E-state index in [9.17, 15) is 9.59 Å². The number of rotatable bonds is 6. The molecule has 1 aromatic carbocycles. The van der Waals surface area contributed by atoms with Crippen molar-refractivity contribution in [3.05, 3.63) is 34.9 Å². The molecule has 0 N–H and O–H groups in total. The van der Waals surface area contributed by atoms with Crippen LogP contribution in [0.5, 0.6) is 0 Å². The molecule has 0 unspecified atom stereocenters. The van der Waals surface area contributed by atoms with Crippen LogP contribution in [0, 0.1) is 13.8 Å². The van der Waals surface area contributed by atoms with Crippen molar-refractivity contribution in [2.24, 2.45) is 0 Å². The van der Waals surface area contributed by atoms with E-state index in [0.29, 0.717) is 13.0 Å². The van der Waals surface area contributed by atoms with E-state index in [-0.39, 0.29) is 11.7 Å². The third-order valence-electron chi connectivity index (χ3n) is 4.52. The molecule has 0 aromatic heterocycles. The lowest BCUT2D eigenvalue weighted by Gasteiger charge is -2.34. The van der Waals surface area contributed by atoms with Crippen LogP contribution in [-0.2, 0) is 4.79 Å². The molecule has 0 bridgehead atoms. The minimum atomic E-state index is 0.174. The minimum absolute atomic E-state index is 0.174. The Morgan fingerprint density at radius 2 is 1.78 bits per heavy atom. The number of benzene rings is 1. The number of Topliss-reactive ketones (excluding diaryl/α,β-unsaturated/α-hetero) is 1.